The Balaban J connectivity index is 1.87. The zero-order valence-corrected chi connectivity index (χ0v) is 20.3. The maximum Gasteiger partial charge on any atom is 0.295 e. The Morgan fingerprint density at radius 1 is 1.12 bits per heavy atom. The Kier molecular flexibility index (Phi) is 6.48. The summed E-state index contributed by atoms with van der Waals surface area (Å²) in [6, 6.07) is 14.0. The monoisotopic (exact) mass is 461 g/mol. The van der Waals surface area contributed by atoms with Gasteiger partial charge in [0.25, 0.3) is 11.7 Å². The molecule has 1 fully saturated rings. The normalized spacial score (nSPS) is 18.0. The second kappa shape index (κ2) is 9.35. The van der Waals surface area contributed by atoms with Crippen molar-refractivity contribution >= 4 is 28.4 Å². The van der Waals surface area contributed by atoms with Crippen LogP contribution < -0.4 is 4.74 Å². The van der Waals surface area contributed by atoms with Gasteiger partial charge in [-0.1, -0.05) is 18.2 Å². The number of likely N-dealkylation sites (tertiary alicyclic amines) is 1. The molecule has 1 atom stereocenters. The SMILES string of the molecule is Cc1[nH]c2ccccc2c1C1/C(=C(\O)c2ccc(OC(C)C)cc2)C(=O)C(=O)N1CCN(C)C. The van der Waals surface area contributed by atoms with Crippen LogP contribution in [0.15, 0.2) is 54.1 Å². The van der Waals surface area contributed by atoms with Gasteiger partial charge in [0, 0.05) is 40.8 Å². The molecule has 0 bridgehead atoms. The summed E-state index contributed by atoms with van der Waals surface area (Å²) in [5, 5.41) is 12.3. The number of carbonyl (C=O) groups excluding carboxylic acids is 2. The Bertz CT molecular complexity index is 1250. The number of hydrogen-bond acceptors (Lipinski definition) is 5. The number of rotatable bonds is 7. The number of nitrogens with one attached hydrogen (secondary N) is 1. The van der Waals surface area contributed by atoms with Crippen LogP contribution in [-0.4, -0.2) is 64.9 Å². The summed E-state index contributed by atoms with van der Waals surface area (Å²) < 4.78 is 5.69. The number of nitrogens with zero attached hydrogens (tertiary/aromatic N) is 2. The van der Waals surface area contributed by atoms with Crippen molar-refractivity contribution in [1.82, 2.24) is 14.8 Å². The van der Waals surface area contributed by atoms with E-state index in [0.717, 1.165) is 22.2 Å². The van der Waals surface area contributed by atoms with Crippen molar-refractivity contribution in [3.05, 3.63) is 70.9 Å². The lowest BCUT2D eigenvalue weighted by atomic mass is 9.93. The van der Waals surface area contributed by atoms with Crippen molar-refractivity contribution in [2.45, 2.75) is 32.9 Å². The molecule has 2 aromatic carbocycles. The lowest BCUT2D eigenvalue weighted by Gasteiger charge is -2.27. The first kappa shape index (κ1) is 23.6. The fourth-order valence-corrected chi connectivity index (χ4v) is 4.49. The predicted octanol–water partition coefficient (Wildman–Crippen LogP) is 4.25. The summed E-state index contributed by atoms with van der Waals surface area (Å²) in [5.74, 6) is -0.787. The molecule has 0 saturated carbocycles. The zero-order valence-electron chi connectivity index (χ0n) is 20.3. The van der Waals surface area contributed by atoms with Gasteiger partial charge in [0.1, 0.15) is 11.5 Å². The van der Waals surface area contributed by atoms with Crippen molar-refractivity contribution in [1.29, 1.82) is 0 Å². The molecule has 1 unspecified atom stereocenters. The van der Waals surface area contributed by atoms with Crippen molar-refractivity contribution in [3.63, 3.8) is 0 Å². The van der Waals surface area contributed by atoms with Crippen molar-refractivity contribution in [2.75, 3.05) is 27.2 Å². The summed E-state index contributed by atoms with van der Waals surface area (Å²) in [5.41, 5.74) is 3.17. The van der Waals surface area contributed by atoms with Gasteiger partial charge in [-0.15, -0.1) is 0 Å². The van der Waals surface area contributed by atoms with Gasteiger partial charge in [-0.3, -0.25) is 9.59 Å². The number of ketones is 1. The van der Waals surface area contributed by atoms with Crippen LogP contribution in [0.4, 0.5) is 0 Å². The zero-order chi connectivity index (χ0) is 24.6. The molecule has 0 radical (unpaired) electrons. The van der Waals surface area contributed by atoms with Crippen molar-refractivity contribution in [3.8, 4) is 5.75 Å². The van der Waals surface area contributed by atoms with Crippen molar-refractivity contribution < 1.29 is 19.4 Å². The number of aromatic nitrogens is 1. The Morgan fingerprint density at radius 2 is 1.79 bits per heavy atom. The van der Waals surface area contributed by atoms with Gasteiger partial charge in [0.15, 0.2) is 0 Å². The lowest BCUT2D eigenvalue weighted by molar-refractivity contribution is -0.140. The molecule has 7 nitrogen and oxygen atoms in total. The standard InChI is InChI=1S/C27H31N3O4/c1-16(2)34-19-12-10-18(11-13-19)25(31)23-24(30(15-14-29(4)5)27(33)26(23)32)22-17(3)28-21-9-7-6-8-20(21)22/h6-13,16,24,28,31H,14-15H2,1-5H3/b25-23+. The summed E-state index contributed by atoms with van der Waals surface area (Å²) in [6.45, 7) is 6.75. The van der Waals surface area contributed by atoms with E-state index in [4.69, 9.17) is 4.74 Å². The number of ether oxygens (including phenoxy) is 1. The van der Waals surface area contributed by atoms with Crippen LogP contribution in [0.3, 0.4) is 0 Å². The Morgan fingerprint density at radius 3 is 2.44 bits per heavy atom. The molecule has 0 spiro atoms. The minimum absolute atomic E-state index is 0.0197. The predicted molar refractivity (Wildman–Crippen MR) is 133 cm³/mol. The molecule has 4 rings (SSSR count). The van der Waals surface area contributed by atoms with E-state index in [0.29, 0.717) is 24.4 Å². The van der Waals surface area contributed by atoms with Gasteiger partial charge in [0.2, 0.25) is 0 Å². The molecular formula is C27H31N3O4. The number of aliphatic hydroxyl groups is 1. The number of para-hydroxylation sites is 1. The van der Waals surface area contributed by atoms with E-state index in [2.05, 4.69) is 4.98 Å². The highest BCUT2D eigenvalue weighted by molar-refractivity contribution is 6.46. The van der Waals surface area contributed by atoms with Crippen LogP contribution in [0.5, 0.6) is 5.75 Å². The first-order valence-corrected chi connectivity index (χ1v) is 11.5. The maximum absolute atomic E-state index is 13.3. The fourth-order valence-electron chi connectivity index (χ4n) is 4.49. The highest BCUT2D eigenvalue weighted by atomic mass is 16.5. The Hall–Kier alpha value is -3.58. The van der Waals surface area contributed by atoms with Gasteiger partial charge in [-0.05, 0) is 65.2 Å². The van der Waals surface area contributed by atoms with Crippen LogP contribution in [0, 0.1) is 6.92 Å². The molecule has 34 heavy (non-hydrogen) atoms. The number of benzene rings is 2. The highest BCUT2D eigenvalue weighted by Crippen LogP contribution is 2.43. The van der Waals surface area contributed by atoms with Crippen LogP contribution in [0.1, 0.15) is 36.7 Å². The van der Waals surface area contributed by atoms with E-state index in [1.165, 1.54) is 0 Å². The fraction of sp³-hybridized carbons (Fsp3) is 0.333. The number of Topliss-reactive ketones (excluding diaryl/α,β-unsaturated/α-hetero) is 1. The molecule has 178 valence electrons. The number of likely N-dealkylation sites (N-methyl/N-ethyl adjacent to an activating group) is 1. The molecule has 2 N–H and O–H groups in total. The number of carbonyl (C=O) groups is 2. The second-order valence-electron chi connectivity index (χ2n) is 9.20. The number of aryl methyl sites for hydroxylation is 1. The minimum Gasteiger partial charge on any atom is -0.507 e. The average Bonchev–Trinajstić information content (AvgIpc) is 3.24. The minimum atomic E-state index is -0.692. The number of amides is 1. The number of aromatic amines is 1. The van der Waals surface area contributed by atoms with E-state index >= 15 is 0 Å². The van der Waals surface area contributed by atoms with E-state index in [9.17, 15) is 14.7 Å². The number of aliphatic hydroxyl groups excluding tert-OH is 1. The molecule has 1 aromatic heterocycles. The summed E-state index contributed by atoms with van der Waals surface area (Å²) in [6.07, 6.45) is 0.0197. The Labute approximate surface area is 199 Å². The number of hydrogen-bond donors (Lipinski definition) is 2. The molecule has 1 aliphatic rings. The van der Waals surface area contributed by atoms with E-state index < -0.39 is 17.7 Å². The largest absolute Gasteiger partial charge is 0.507 e. The lowest BCUT2D eigenvalue weighted by Crippen LogP contribution is -2.35. The third-order valence-corrected chi connectivity index (χ3v) is 6.04. The van der Waals surface area contributed by atoms with Crippen LogP contribution >= 0.6 is 0 Å². The number of fused-ring (bicyclic) bond motifs is 1. The molecule has 0 aliphatic carbocycles. The van der Waals surface area contributed by atoms with Gasteiger partial charge in [-0.2, -0.15) is 0 Å². The van der Waals surface area contributed by atoms with E-state index in [1.54, 1.807) is 29.2 Å². The van der Waals surface area contributed by atoms with Crippen molar-refractivity contribution in [2.24, 2.45) is 0 Å². The second-order valence-corrected chi connectivity index (χ2v) is 9.20. The smallest absolute Gasteiger partial charge is 0.295 e. The van der Waals surface area contributed by atoms with E-state index in [1.807, 2.05) is 64.0 Å². The van der Waals surface area contributed by atoms with Gasteiger partial charge < -0.3 is 24.6 Å². The van der Waals surface area contributed by atoms with Crippen LogP contribution in [-0.2, 0) is 9.59 Å². The summed E-state index contributed by atoms with van der Waals surface area (Å²) in [4.78, 5) is 33.4. The molecule has 7 heteroatoms. The van der Waals surface area contributed by atoms with Gasteiger partial charge >= 0.3 is 0 Å². The maximum atomic E-state index is 13.3. The molecule has 1 aliphatic heterocycles. The highest BCUT2D eigenvalue weighted by Gasteiger charge is 2.47. The molecule has 2 heterocycles. The third kappa shape index (κ3) is 4.31. The molecule has 3 aromatic rings. The summed E-state index contributed by atoms with van der Waals surface area (Å²) in [7, 11) is 3.84. The van der Waals surface area contributed by atoms with Gasteiger partial charge in [-0.25, -0.2) is 0 Å². The molecule has 1 saturated heterocycles. The topological polar surface area (TPSA) is 85.9 Å². The molecular weight excluding hydrogens is 430 g/mol. The first-order chi connectivity index (χ1) is 16.2. The van der Waals surface area contributed by atoms with Gasteiger partial charge in [0.05, 0.1) is 17.7 Å². The average molecular weight is 462 g/mol. The summed E-state index contributed by atoms with van der Waals surface area (Å²) >= 11 is 0. The third-order valence-electron chi connectivity index (χ3n) is 6.04. The van der Waals surface area contributed by atoms with Crippen LogP contribution in [0.2, 0.25) is 0 Å². The quantitative estimate of drug-likeness (QED) is 0.312. The molecule has 1 amide bonds. The number of H-pyrrole nitrogens is 1. The van der Waals surface area contributed by atoms with E-state index in [-0.39, 0.29) is 17.4 Å². The van der Waals surface area contributed by atoms with Crippen LogP contribution in [0.25, 0.3) is 16.7 Å². The first-order valence-electron chi connectivity index (χ1n) is 11.5.